The molecule has 3 N–H and O–H groups in total. The highest BCUT2D eigenvalue weighted by Gasteiger charge is 2.14. The number of hydrogen-bond donors (Lipinski definition) is 2. The average molecular weight is 293 g/mol. The zero-order valence-electron chi connectivity index (χ0n) is 7.14. The van der Waals surface area contributed by atoms with Crippen molar-refractivity contribution in [1.82, 2.24) is 0 Å². The first-order valence-corrected chi connectivity index (χ1v) is 5.65. The second-order valence-electron chi connectivity index (χ2n) is 2.49. The van der Waals surface area contributed by atoms with Crippen LogP contribution in [0.1, 0.15) is 5.56 Å². The molecule has 80 valence electrons. The maximum absolute atomic E-state index is 10.4. The summed E-state index contributed by atoms with van der Waals surface area (Å²) in [6, 6.07) is 4.37. The van der Waals surface area contributed by atoms with Crippen molar-refractivity contribution in [3.63, 3.8) is 0 Å². The lowest BCUT2D eigenvalue weighted by Crippen LogP contribution is -2.09. The van der Waals surface area contributed by atoms with E-state index in [1.807, 2.05) is 0 Å². The SMILES string of the molecule is N#Cc1cc(Br)cc(OS(=O)(=O)O)c1N. The fourth-order valence-electron chi connectivity index (χ4n) is 0.868. The van der Waals surface area contributed by atoms with E-state index in [4.69, 9.17) is 15.5 Å². The molecule has 8 heteroatoms. The molecule has 0 bridgehead atoms. The minimum absolute atomic E-state index is 0.0445. The van der Waals surface area contributed by atoms with Crippen LogP contribution in [0, 0.1) is 11.3 Å². The fraction of sp³-hybridized carbons (Fsp3) is 0. The van der Waals surface area contributed by atoms with Gasteiger partial charge in [-0.3, -0.25) is 4.55 Å². The van der Waals surface area contributed by atoms with Gasteiger partial charge in [-0.15, -0.1) is 0 Å². The van der Waals surface area contributed by atoms with Crippen LogP contribution in [0.5, 0.6) is 5.75 Å². The van der Waals surface area contributed by atoms with E-state index >= 15 is 0 Å². The van der Waals surface area contributed by atoms with E-state index in [2.05, 4.69) is 20.1 Å². The number of nitrogens with zero attached hydrogens (tertiary/aromatic N) is 1. The number of hydrogen-bond acceptors (Lipinski definition) is 5. The van der Waals surface area contributed by atoms with Crippen LogP contribution in [-0.2, 0) is 10.4 Å². The summed E-state index contributed by atoms with van der Waals surface area (Å²) >= 11 is 3.03. The molecular formula is C7H5BrN2O4S. The van der Waals surface area contributed by atoms with Crippen molar-refractivity contribution in [2.45, 2.75) is 0 Å². The molecular weight excluding hydrogens is 288 g/mol. The van der Waals surface area contributed by atoms with E-state index in [-0.39, 0.29) is 17.0 Å². The molecule has 0 fully saturated rings. The van der Waals surface area contributed by atoms with Crippen molar-refractivity contribution in [2.75, 3.05) is 5.73 Å². The molecule has 0 unspecified atom stereocenters. The predicted octanol–water partition coefficient (Wildman–Crippen LogP) is 1.08. The van der Waals surface area contributed by atoms with Crippen LogP contribution < -0.4 is 9.92 Å². The lowest BCUT2D eigenvalue weighted by Gasteiger charge is -2.06. The monoisotopic (exact) mass is 292 g/mol. The molecule has 0 heterocycles. The first-order chi connectivity index (χ1) is 6.83. The first-order valence-electron chi connectivity index (χ1n) is 3.49. The molecule has 0 aliphatic heterocycles. The Balaban J connectivity index is 3.32. The topological polar surface area (TPSA) is 113 Å². The number of benzene rings is 1. The molecule has 1 aromatic rings. The summed E-state index contributed by atoms with van der Waals surface area (Å²) in [7, 11) is -4.65. The highest BCUT2D eigenvalue weighted by Crippen LogP contribution is 2.30. The molecule has 0 aliphatic carbocycles. The molecule has 0 spiro atoms. The van der Waals surface area contributed by atoms with Gasteiger partial charge in [-0.1, -0.05) is 15.9 Å². The number of nitrogen functional groups attached to an aromatic ring is 1. The highest BCUT2D eigenvalue weighted by molar-refractivity contribution is 9.10. The van der Waals surface area contributed by atoms with Crippen molar-refractivity contribution in [3.8, 4) is 11.8 Å². The van der Waals surface area contributed by atoms with E-state index in [1.165, 1.54) is 12.1 Å². The van der Waals surface area contributed by atoms with Gasteiger partial charge in [0.15, 0.2) is 5.75 Å². The van der Waals surface area contributed by atoms with Crippen molar-refractivity contribution >= 4 is 32.0 Å². The first kappa shape index (κ1) is 11.8. The number of rotatable bonds is 2. The number of nitriles is 1. The van der Waals surface area contributed by atoms with Gasteiger partial charge in [-0.2, -0.15) is 13.7 Å². The van der Waals surface area contributed by atoms with E-state index in [0.717, 1.165) is 0 Å². The van der Waals surface area contributed by atoms with Gasteiger partial charge in [0, 0.05) is 4.47 Å². The minimum atomic E-state index is -4.65. The summed E-state index contributed by atoms with van der Waals surface area (Å²) in [5.74, 6) is -0.302. The van der Waals surface area contributed by atoms with Crippen molar-refractivity contribution in [2.24, 2.45) is 0 Å². The van der Waals surface area contributed by atoms with Gasteiger partial charge in [0.1, 0.15) is 6.07 Å². The Morgan fingerprint density at radius 3 is 2.60 bits per heavy atom. The molecule has 0 radical (unpaired) electrons. The maximum atomic E-state index is 10.4. The summed E-state index contributed by atoms with van der Waals surface area (Å²) in [6.45, 7) is 0. The normalized spacial score (nSPS) is 10.7. The van der Waals surface area contributed by atoms with Crippen molar-refractivity contribution < 1.29 is 17.2 Å². The van der Waals surface area contributed by atoms with Gasteiger partial charge in [0.2, 0.25) is 0 Å². The standard InChI is InChI=1S/C7H5BrN2O4S/c8-5-1-4(3-9)7(10)6(2-5)14-15(11,12)13/h1-2H,10H2,(H,11,12,13). The number of halogens is 1. The van der Waals surface area contributed by atoms with Crippen LogP contribution in [0.2, 0.25) is 0 Å². The van der Waals surface area contributed by atoms with Gasteiger partial charge in [0.05, 0.1) is 11.3 Å². The largest absolute Gasteiger partial charge is 0.446 e. The second kappa shape index (κ2) is 4.06. The Labute approximate surface area is 94.3 Å². The molecule has 15 heavy (non-hydrogen) atoms. The van der Waals surface area contributed by atoms with Crippen LogP contribution in [-0.4, -0.2) is 13.0 Å². The lowest BCUT2D eigenvalue weighted by molar-refractivity contribution is 0.387. The van der Waals surface area contributed by atoms with Gasteiger partial charge in [0.25, 0.3) is 0 Å². The zero-order valence-corrected chi connectivity index (χ0v) is 9.54. The molecule has 0 atom stereocenters. The number of nitrogens with two attached hydrogens (primary N) is 1. The fourth-order valence-corrected chi connectivity index (χ4v) is 1.67. The van der Waals surface area contributed by atoms with Gasteiger partial charge >= 0.3 is 10.4 Å². The smallest absolute Gasteiger partial charge is 0.395 e. The molecule has 0 aliphatic rings. The lowest BCUT2D eigenvalue weighted by atomic mass is 10.2. The van der Waals surface area contributed by atoms with Crippen LogP contribution in [0.3, 0.4) is 0 Å². The summed E-state index contributed by atoms with van der Waals surface area (Å²) in [5.41, 5.74) is 5.32. The van der Waals surface area contributed by atoms with Gasteiger partial charge in [-0.05, 0) is 12.1 Å². The maximum Gasteiger partial charge on any atom is 0.446 e. The van der Waals surface area contributed by atoms with Crippen LogP contribution in [0.15, 0.2) is 16.6 Å². The molecule has 0 saturated carbocycles. The van der Waals surface area contributed by atoms with Crippen molar-refractivity contribution in [1.29, 1.82) is 5.26 Å². The van der Waals surface area contributed by atoms with E-state index in [0.29, 0.717) is 4.47 Å². The predicted molar refractivity (Wildman–Crippen MR) is 55.4 cm³/mol. The Hall–Kier alpha value is -1.30. The van der Waals surface area contributed by atoms with E-state index < -0.39 is 10.4 Å². The zero-order chi connectivity index (χ0) is 11.6. The molecule has 1 rings (SSSR count). The van der Waals surface area contributed by atoms with Crippen LogP contribution in [0.25, 0.3) is 0 Å². The third-order valence-electron chi connectivity index (χ3n) is 1.42. The Bertz CT molecular complexity index is 535. The Morgan fingerprint density at radius 1 is 1.53 bits per heavy atom. The minimum Gasteiger partial charge on any atom is -0.395 e. The van der Waals surface area contributed by atoms with Crippen LogP contribution in [0.4, 0.5) is 5.69 Å². The highest BCUT2D eigenvalue weighted by atomic mass is 79.9. The quantitative estimate of drug-likeness (QED) is 0.623. The van der Waals surface area contributed by atoms with Gasteiger partial charge in [-0.25, -0.2) is 0 Å². The molecule has 0 aromatic heterocycles. The van der Waals surface area contributed by atoms with E-state index in [9.17, 15) is 8.42 Å². The van der Waals surface area contributed by atoms with Crippen molar-refractivity contribution in [3.05, 3.63) is 22.2 Å². The number of anilines is 1. The third kappa shape index (κ3) is 3.09. The molecule has 0 amide bonds. The van der Waals surface area contributed by atoms with E-state index in [1.54, 1.807) is 6.07 Å². The third-order valence-corrected chi connectivity index (χ3v) is 2.27. The summed E-state index contributed by atoms with van der Waals surface area (Å²) in [5, 5.41) is 8.65. The summed E-state index contributed by atoms with van der Waals surface area (Å²) in [4.78, 5) is 0. The second-order valence-corrected chi connectivity index (χ2v) is 4.43. The Morgan fingerprint density at radius 2 is 2.13 bits per heavy atom. The summed E-state index contributed by atoms with van der Waals surface area (Å²) < 4.78 is 33.9. The van der Waals surface area contributed by atoms with Gasteiger partial charge < -0.3 is 9.92 Å². The Kier molecular flexibility index (Phi) is 3.18. The molecule has 1 aromatic carbocycles. The average Bonchev–Trinajstić information content (AvgIpc) is 2.08. The molecule has 0 saturated heterocycles. The summed E-state index contributed by atoms with van der Waals surface area (Å²) in [6.07, 6.45) is 0. The van der Waals surface area contributed by atoms with Crippen LogP contribution >= 0.6 is 15.9 Å². The molecule has 6 nitrogen and oxygen atoms in total.